The van der Waals surface area contributed by atoms with Crippen LogP contribution in [0.1, 0.15) is 28.4 Å². The summed E-state index contributed by atoms with van der Waals surface area (Å²) in [5, 5.41) is 0. The maximum Gasteiger partial charge on any atom is 0.341 e. The van der Waals surface area contributed by atoms with Gasteiger partial charge in [-0.3, -0.25) is 4.98 Å². The quantitative estimate of drug-likeness (QED) is 0.713. The van der Waals surface area contributed by atoms with Gasteiger partial charge in [0.05, 0.1) is 18.0 Å². The van der Waals surface area contributed by atoms with Crippen LogP contribution in [0.15, 0.2) is 30.5 Å². The van der Waals surface area contributed by atoms with Crippen molar-refractivity contribution in [3.8, 4) is 11.3 Å². The molecule has 3 rings (SSSR count). The van der Waals surface area contributed by atoms with Crippen molar-refractivity contribution >= 4 is 11.7 Å². The number of hydrogen-bond donors (Lipinski definition) is 1. The van der Waals surface area contributed by atoms with Crippen LogP contribution in [0.3, 0.4) is 0 Å². The Bertz CT molecular complexity index is 665. The number of nitrogens with zero attached hydrogens (tertiary/aromatic N) is 1. The van der Waals surface area contributed by atoms with E-state index in [2.05, 4.69) is 11.1 Å². The standard InChI is InChI=1S/C15H14N2O2/c1-2-19-15(18)12-8-17-14-10-6-4-3-5-9(10)7-11(14)13(12)16/h3-6,8H,2,7H2,1H3,(H2,16,17). The number of carbonyl (C=O) groups excluding carboxylic acids is 1. The summed E-state index contributed by atoms with van der Waals surface area (Å²) in [6.45, 7) is 2.10. The van der Waals surface area contributed by atoms with Gasteiger partial charge in [-0.2, -0.15) is 0 Å². The molecule has 1 aromatic carbocycles. The molecule has 2 aromatic rings. The molecule has 1 heterocycles. The van der Waals surface area contributed by atoms with E-state index in [1.165, 1.54) is 11.8 Å². The summed E-state index contributed by atoms with van der Waals surface area (Å²) >= 11 is 0. The number of nitrogens with two attached hydrogens (primary N) is 1. The van der Waals surface area contributed by atoms with Gasteiger partial charge in [0.1, 0.15) is 5.56 Å². The lowest BCUT2D eigenvalue weighted by atomic mass is 10.1. The first kappa shape index (κ1) is 11.7. The zero-order chi connectivity index (χ0) is 13.4. The minimum Gasteiger partial charge on any atom is -0.462 e. The maximum atomic E-state index is 11.8. The van der Waals surface area contributed by atoms with Crippen molar-refractivity contribution in [1.82, 2.24) is 4.98 Å². The van der Waals surface area contributed by atoms with Gasteiger partial charge >= 0.3 is 5.97 Å². The van der Waals surface area contributed by atoms with Gasteiger partial charge in [-0.05, 0) is 12.5 Å². The summed E-state index contributed by atoms with van der Waals surface area (Å²) in [4.78, 5) is 16.2. The van der Waals surface area contributed by atoms with Crippen LogP contribution in [0.4, 0.5) is 5.69 Å². The third kappa shape index (κ3) is 1.76. The average molecular weight is 254 g/mol. The predicted molar refractivity (Wildman–Crippen MR) is 72.8 cm³/mol. The largest absolute Gasteiger partial charge is 0.462 e. The van der Waals surface area contributed by atoms with Crippen molar-refractivity contribution in [3.05, 3.63) is 47.2 Å². The number of esters is 1. The number of fused-ring (bicyclic) bond motifs is 3. The molecule has 4 heteroatoms. The first-order valence-corrected chi connectivity index (χ1v) is 6.25. The number of nitrogen functional groups attached to an aromatic ring is 1. The second kappa shape index (κ2) is 4.39. The first-order chi connectivity index (χ1) is 9.22. The number of aromatic nitrogens is 1. The maximum absolute atomic E-state index is 11.8. The van der Waals surface area contributed by atoms with Crippen molar-refractivity contribution in [3.63, 3.8) is 0 Å². The summed E-state index contributed by atoms with van der Waals surface area (Å²) in [6, 6.07) is 8.05. The van der Waals surface area contributed by atoms with E-state index in [-0.39, 0.29) is 0 Å². The number of benzene rings is 1. The fourth-order valence-electron chi connectivity index (χ4n) is 2.45. The molecular formula is C15H14N2O2. The molecule has 1 aliphatic rings. The Balaban J connectivity index is 2.10. The number of rotatable bonds is 2. The van der Waals surface area contributed by atoms with Gasteiger partial charge in [-0.25, -0.2) is 4.79 Å². The molecule has 0 unspecified atom stereocenters. The van der Waals surface area contributed by atoms with Crippen LogP contribution in [0, 0.1) is 0 Å². The third-order valence-electron chi connectivity index (χ3n) is 3.36. The number of hydrogen-bond acceptors (Lipinski definition) is 4. The SMILES string of the molecule is CCOC(=O)c1cnc2c(c1N)Cc1ccccc1-2. The minimum atomic E-state index is -0.411. The Kier molecular flexibility index (Phi) is 2.71. The highest BCUT2D eigenvalue weighted by atomic mass is 16.5. The molecule has 0 radical (unpaired) electrons. The van der Waals surface area contributed by atoms with Crippen LogP contribution < -0.4 is 5.73 Å². The molecule has 1 aliphatic carbocycles. The zero-order valence-electron chi connectivity index (χ0n) is 10.6. The molecular weight excluding hydrogens is 240 g/mol. The molecule has 0 atom stereocenters. The highest BCUT2D eigenvalue weighted by Crippen LogP contribution is 2.38. The first-order valence-electron chi connectivity index (χ1n) is 6.25. The second-order valence-corrected chi connectivity index (χ2v) is 4.47. The fourth-order valence-corrected chi connectivity index (χ4v) is 2.45. The van der Waals surface area contributed by atoms with E-state index >= 15 is 0 Å². The van der Waals surface area contributed by atoms with E-state index in [0.29, 0.717) is 17.9 Å². The molecule has 4 nitrogen and oxygen atoms in total. The molecule has 2 N–H and O–H groups in total. The molecule has 0 fully saturated rings. The van der Waals surface area contributed by atoms with E-state index in [9.17, 15) is 4.79 Å². The molecule has 0 saturated heterocycles. The Morgan fingerprint density at radius 2 is 2.21 bits per heavy atom. The number of anilines is 1. The molecule has 96 valence electrons. The van der Waals surface area contributed by atoms with Gasteiger partial charge in [0, 0.05) is 23.7 Å². The molecule has 0 amide bonds. The average Bonchev–Trinajstić information content (AvgIpc) is 2.79. The number of carbonyl (C=O) groups is 1. The number of ether oxygens (including phenoxy) is 1. The smallest absolute Gasteiger partial charge is 0.341 e. The molecule has 0 spiro atoms. The topological polar surface area (TPSA) is 65.2 Å². The van der Waals surface area contributed by atoms with Gasteiger partial charge in [0.25, 0.3) is 0 Å². The van der Waals surface area contributed by atoms with E-state index in [1.807, 2.05) is 18.2 Å². The van der Waals surface area contributed by atoms with Crippen molar-refractivity contribution < 1.29 is 9.53 Å². The van der Waals surface area contributed by atoms with Crippen LogP contribution in [0.2, 0.25) is 0 Å². The van der Waals surface area contributed by atoms with Crippen molar-refractivity contribution in [2.24, 2.45) is 0 Å². The summed E-state index contributed by atoms with van der Waals surface area (Å²) in [5.74, 6) is -0.411. The minimum absolute atomic E-state index is 0.329. The van der Waals surface area contributed by atoms with Gasteiger partial charge in [-0.15, -0.1) is 0 Å². The zero-order valence-corrected chi connectivity index (χ0v) is 10.6. The molecule has 0 saturated carbocycles. The summed E-state index contributed by atoms with van der Waals surface area (Å²) in [5.41, 5.74) is 11.0. The Labute approximate surface area is 111 Å². The van der Waals surface area contributed by atoms with E-state index in [4.69, 9.17) is 10.5 Å². The summed E-state index contributed by atoms with van der Waals surface area (Å²) < 4.78 is 4.99. The highest BCUT2D eigenvalue weighted by Gasteiger charge is 2.25. The van der Waals surface area contributed by atoms with Crippen molar-refractivity contribution in [2.75, 3.05) is 12.3 Å². The highest BCUT2D eigenvalue weighted by molar-refractivity contribution is 5.97. The Morgan fingerprint density at radius 1 is 1.42 bits per heavy atom. The van der Waals surface area contributed by atoms with Crippen LogP contribution in [-0.4, -0.2) is 17.6 Å². The van der Waals surface area contributed by atoms with Crippen molar-refractivity contribution in [2.45, 2.75) is 13.3 Å². The van der Waals surface area contributed by atoms with Gasteiger partial charge < -0.3 is 10.5 Å². The molecule has 0 aliphatic heterocycles. The van der Waals surface area contributed by atoms with E-state index in [0.717, 1.165) is 23.2 Å². The lowest BCUT2D eigenvalue weighted by Gasteiger charge is -2.09. The Morgan fingerprint density at radius 3 is 3.00 bits per heavy atom. The van der Waals surface area contributed by atoms with E-state index in [1.54, 1.807) is 6.92 Å². The van der Waals surface area contributed by atoms with Crippen LogP contribution in [0.5, 0.6) is 0 Å². The fraction of sp³-hybridized carbons (Fsp3) is 0.200. The summed E-state index contributed by atoms with van der Waals surface area (Å²) in [6.07, 6.45) is 2.23. The molecule has 1 aromatic heterocycles. The summed E-state index contributed by atoms with van der Waals surface area (Å²) in [7, 11) is 0. The normalized spacial score (nSPS) is 11.8. The van der Waals surface area contributed by atoms with Crippen LogP contribution in [0.25, 0.3) is 11.3 Å². The lowest BCUT2D eigenvalue weighted by Crippen LogP contribution is -2.10. The molecule has 0 bridgehead atoms. The monoisotopic (exact) mass is 254 g/mol. The third-order valence-corrected chi connectivity index (χ3v) is 3.36. The van der Waals surface area contributed by atoms with Crippen molar-refractivity contribution in [1.29, 1.82) is 0 Å². The lowest BCUT2D eigenvalue weighted by molar-refractivity contribution is 0.0527. The van der Waals surface area contributed by atoms with E-state index < -0.39 is 5.97 Å². The van der Waals surface area contributed by atoms with Crippen LogP contribution in [-0.2, 0) is 11.2 Å². The Hall–Kier alpha value is -2.36. The van der Waals surface area contributed by atoms with Crippen LogP contribution >= 0.6 is 0 Å². The second-order valence-electron chi connectivity index (χ2n) is 4.47. The van der Waals surface area contributed by atoms with Gasteiger partial charge in [0.15, 0.2) is 0 Å². The molecule has 19 heavy (non-hydrogen) atoms. The number of pyridine rings is 1. The van der Waals surface area contributed by atoms with Gasteiger partial charge in [-0.1, -0.05) is 24.3 Å². The predicted octanol–water partition coefficient (Wildman–Crippen LogP) is 2.41. The van der Waals surface area contributed by atoms with Gasteiger partial charge in [0.2, 0.25) is 0 Å².